The molecule has 2 aromatic rings. The first-order valence-electron chi connectivity index (χ1n) is 7.70. The molecule has 2 rings (SSSR count). The number of aryl methyl sites for hydroxylation is 2. The van der Waals surface area contributed by atoms with E-state index in [2.05, 4.69) is 0 Å². The molecule has 0 saturated heterocycles. The topological polar surface area (TPSA) is 0 Å². The Balaban J connectivity index is 2.47. The number of hydrogen-bond donors (Lipinski definition) is 0. The van der Waals surface area contributed by atoms with E-state index in [1.54, 1.807) is 0 Å². The molecule has 0 aliphatic carbocycles. The summed E-state index contributed by atoms with van der Waals surface area (Å²) in [4.78, 5) is 0. The first-order chi connectivity index (χ1) is 11.0. The Kier molecular flexibility index (Phi) is 6.43. The van der Waals surface area contributed by atoms with Crippen molar-refractivity contribution in [3.8, 4) is 0 Å². The zero-order valence-electron chi connectivity index (χ0n) is 13.1. The molecule has 23 heavy (non-hydrogen) atoms. The van der Waals surface area contributed by atoms with Crippen molar-refractivity contribution >= 4 is 7.74 Å². The maximum atomic E-state index is 14.5. The van der Waals surface area contributed by atoms with E-state index < -0.39 is 42.4 Å². The third-order valence-electron chi connectivity index (χ3n) is 3.63. The van der Waals surface area contributed by atoms with Gasteiger partial charge in [-0.15, -0.1) is 0 Å². The summed E-state index contributed by atoms with van der Waals surface area (Å²) in [6, 6.07) is 5.20. The quantitative estimate of drug-likeness (QED) is 0.537. The normalized spacial score (nSPS) is 10.7. The molecule has 0 amide bonds. The van der Waals surface area contributed by atoms with Gasteiger partial charge in [-0.1, -0.05) is 0 Å². The van der Waals surface area contributed by atoms with Crippen molar-refractivity contribution in [2.75, 3.05) is 0 Å². The first kappa shape index (κ1) is 18.2. The fraction of sp³-hybridized carbons (Fsp3) is 0.333. The van der Waals surface area contributed by atoms with Crippen LogP contribution in [0.1, 0.15) is 37.8 Å². The second kappa shape index (κ2) is 8.12. The molecule has 0 aliphatic heterocycles. The second-order valence-corrected chi connectivity index (χ2v) is 7.37. The van der Waals surface area contributed by atoms with Crippen LogP contribution in [0.25, 0.3) is 0 Å². The molecule has 0 fully saturated rings. The van der Waals surface area contributed by atoms with Crippen molar-refractivity contribution in [1.29, 1.82) is 0 Å². The molecular formula is C18H18F4Ti+2. The number of benzene rings is 2. The molecule has 0 spiro atoms. The molecular weight excluding hydrogens is 340 g/mol. The molecule has 0 bridgehead atoms. The van der Waals surface area contributed by atoms with E-state index in [4.69, 9.17) is 0 Å². The predicted octanol–water partition coefficient (Wildman–Crippen LogP) is 4.18. The van der Waals surface area contributed by atoms with Crippen LogP contribution in [0.15, 0.2) is 24.3 Å². The molecule has 0 aliphatic rings. The molecule has 0 nitrogen and oxygen atoms in total. The predicted molar refractivity (Wildman–Crippen MR) is 80.0 cm³/mol. The van der Waals surface area contributed by atoms with Crippen LogP contribution in [0.3, 0.4) is 0 Å². The summed E-state index contributed by atoms with van der Waals surface area (Å²) in [5, 5.41) is 0. The van der Waals surface area contributed by atoms with E-state index in [-0.39, 0.29) is 7.74 Å². The molecule has 120 valence electrons. The average Bonchev–Trinajstić information content (AvgIpc) is 2.52. The molecule has 5 heteroatoms. The van der Waals surface area contributed by atoms with Crippen LogP contribution in [0.5, 0.6) is 0 Å². The van der Waals surface area contributed by atoms with Gasteiger partial charge < -0.3 is 0 Å². The molecule has 0 atom stereocenters. The van der Waals surface area contributed by atoms with Gasteiger partial charge in [0.2, 0.25) is 0 Å². The standard InChI is InChI=1S/2C9H9F2.Ti/c2*1-2-3-7-4-5-8(10)6-9(7)11;/h2*4-5H,2-3H2,1H3;/q;;+2. The average molecular weight is 358 g/mol. The van der Waals surface area contributed by atoms with Crippen LogP contribution in [0, 0.1) is 23.3 Å². The van der Waals surface area contributed by atoms with Crippen LogP contribution in [0.2, 0.25) is 0 Å². The summed E-state index contributed by atoms with van der Waals surface area (Å²) in [5.41, 5.74) is 0.802. The second-order valence-electron chi connectivity index (χ2n) is 5.42. The van der Waals surface area contributed by atoms with Gasteiger partial charge in [-0.25, -0.2) is 0 Å². The Labute approximate surface area is 142 Å². The van der Waals surface area contributed by atoms with Crippen molar-refractivity contribution in [1.82, 2.24) is 0 Å². The van der Waals surface area contributed by atoms with Crippen LogP contribution in [0.4, 0.5) is 17.6 Å². The van der Waals surface area contributed by atoms with Gasteiger partial charge >= 0.3 is 143 Å². The van der Waals surface area contributed by atoms with Gasteiger partial charge in [0, 0.05) is 0 Å². The third-order valence-corrected chi connectivity index (χ3v) is 5.84. The minimum absolute atomic E-state index is 0.151. The van der Waals surface area contributed by atoms with Crippen LogP contribution in [-0.4, -0.2) is 0 Å². The SMILES string of the molecule is CCCc1ccc(F)[c]([Ti+2][c]2c(F)ccc(CCC)c2F)c1F. The molecule has 0 unspecified atom stereocenters. The van der Waals surface area contributed by atoms with Gasteiger partial charge in [0.1, 0.15) is 0 Å². The Morgan fingerprint density at radius 2 is 1.09 bits per heavy atom. The van der Waals surface area contributed by atoms with E-state index >= 15 is 0 Å². The molecule has 0 saturated carbocycles. The summed E-state index contributed by atoms with van der Waals surface area (Å²) in [6.07, 6.45) is 2.39. The van der Waals surface area contributed by atoms with Crippen molar-refractivity contribution < 1.29 is 36.7 Å². The van der Waals surface area contributed by atoms with Crippen molar-refractivity contribution in [2.45, 2.75) is 39.5 Å². The fourth-order valence-electron chi connectivity index (χ4n) is 2.47. The maximum absolute atomic E-state index is 14.5. The summed E-state index contributed by atoms with van der Waals surface area (Å²) in [7, 11) is 0. The molecule has 0 heterocycles. The Hall–Kier alpha value is -1.13. The van der Waals surface area contributed by atoms with Gasteiger partial charge in [0.15, 0.2) is 0 Å². The monoisotopic (exact) mass is 358 g/mol. The number of rotatable bonds is 6. The zero-order chi connectivity index (χ0) is 17.0. The first-order valence-corrected chi connectivity index (χ1v) is 9.26. The van der Waals surface area contributed by atoms with Crippen LogP contribution < -0.4 is 7.74 Å². The number of halogens is 4. The molecule has 2 aromatic carbocycles. The minimum atomic E-state index is -1.78. The third kappa shape index (κ3) is 4.05. The van der Waals surface area contributed by atoms with Crippen molar-refractivity contribution in [3.05, 3.63) is 58.7 Å². The van der Waals surface area contributed by atoms with Gasteiger partial charge in [-0.2, -0.15) is 0 Å². The summed E-state index contributed by atoms with van der Waals surface area (Å²) in [6.45, 7) is 3.79. The van der Waals surface area contributed by atoms with Gasteiger partial charge in [0.05, 0.1) is 0 Å². The van der Waals surface area contributed by atoms with E-state index in [0.717, 1.165) is 12.8 Å². The van der Waals surface area contributed by atoms with E-state index in [0.29, 0.717) is 24.0 Å². The molecule has 0 radical (unpaired) electrons. The Bertz CT molecular complexity index is 638. The zero-order valence-corrected chi connectivity index (χ0v) is 14.7. The van der Waals surface area contributed by atoms with Crippen molar-refractivity contribution in [3.63, 3.8) is 0 Å². The van der Waals surface area contributed by atoms with E-state index in [9.17, 15) is 17.6 Å². The summed E-state index contributed by atoms with van der Waals surface area (Å²) in [5.74, 6) is -2.73. The Morgan fingerprint density at radius 1 is 0.696 bits per heavy atom. The van der Waals surface area contributed by atoms with Gasteiger partial charge in [-0.05, 0) is 0 Å². The van der Waals surface area contributed by atoms with Gasteiger partial charge in [-0.3, -0.25) is 0 Å². The van der Waals surface area contributed by atoms with E-state index in [1.165, 1.54) is 24.3 Å². The Morgan fingerprint density at radius 3 is 1.43 bits per heavy atom. The molecule has 0 N–H and O–H groups in total. The fourth-order valence-corrected chi connectivity index (χ4v) is 4.34. The van der Waals surface area contributed by atoms with Crippen LogP contribution >= 0.6 is 0 Å². The molecule has 0 aromatic heterocycles. The summed E-state index contributed by atoms with van der Waals surface area (Å²) < 4.78 is 56.7. The van der Waals surface area contributed by atoms with Gasteiger partial charge in [0.25, 0.3) is 0 Å². The summed E-state index contributed by atoms with van der Waals surface area (Å²) >= 11 is -1.78. The van der Waals surface area contributed by atoms with Crippen molar-refractivity contribution in [2.24, 2.45) is 0 Å². The van der Waals surface area contributed by atoms with Crippen LogP contribution in [-0.2, 0) is 32.0 Å². The number of hydrogen-bond acceptors (Lipinski definition) is 0. The van der Waals surface area contributed by atoms with E-state index in [1.807, 2.05) is 13.8 Å².